The Labute approximate surface area is 425 Å². The molecule has 0 spiro atoms. The molecule has 1 fully saturated rings. The van der Waals surface area contributed by atoms with Crippen LogP contribution in [0.15, 0.2) is 159 Å². The van der Waals surface area contributed by atoms with Gasteiger partial charge in [-0.25, -0.2) is 14.4 Å². The van der Waals surface area contributed by atoms with Gasteiger partial charge in [0.25, 0.3) is 0 Å². The van der Waals surface area contributed by atoms with Crippen LogP contribution < -0.4 is 18.9 Å². The van der Waals surface area contributed by atoms with E-state index in [0.29, 0.717) is 34.6 Å². The van der Waals surface area contributed by atoms with Crippen molar-refractivity contribution in [1.82, 2.24) is 0 Å². The van der Waals surface area contributed by atoms with Crippen LogP contribution in [-0.2, 0) is 39.8 Å². The highest BCUT2D eigenvalue weighted by Gasteiger charge is 2.52. The van der Waals surface area contributed by atoms with Gasteiger partial charge in [0.1, 0.15) is 46.0 Å². The molecule has 380 valence electrons. The zero-order valence-electron chi connectivity index (χ0n) is 41.9. The highest BCUT2D eigenvalue weighted by Crippen LogP contribution is 2.42. The number of carbonyl (C=O) groups excluding carboxylic acids is 6. The molecular formula is C59H60O14. The molecule has 5 aromatic rings. The van der Waals surface area contributed by atoms with E-state index in [1.54, 1.807) is 86.6 Å². The maximum Gasteiger partial charge on any atom is 0.344 e. The van der Waals surface area contributed by atoms with Gasteiger partial charge in [-0.2, -0.15) is 0 Å². The number of benzene rings is 5. The van der Waals surface area contributed by atoms with E-state index in [2.05, 4.69) is 26.3 Å². The number of aldehydes is 1. The summed E-state index contributed by atoms with van der Waals surface area (Å²) in [6, 6.07) is 33.4. The number of ether oxygens (including phenoxy) is 8. The van der Waals surface area contributed by atoms with Crippen molar-refractivity contribution < 1.29 is 66.7 Å². The number of hydrogen-bond donors (Lipinski definition) is 0. The maximum absolute atomic E-state index is 14.8. The molecule has 6 rings (SSSR count). The molecule has 14 nitrogen and oxygen atoms in total. The number of aryl methyl sites for hydroxylation is 1. The highest BCUT2D eigenvalue weighted by molar-refractivity contribution is 5.95. The Morgan fingerprint density at radius 3 is 1.36 bits per heavy atom. The van der Waals surface area contributed by atoms with E-state index in [4.69, 9.17) is 42.7 Å². The highest BCUT2D eigenvalue weighted by atomic mass is 16.7. The van der Waals surface area contributed by atoms with Gasteiger partial charge >= 0.3 is 29.8 Å². The monoisotopic (exact) mass is 992 g/mol. The van der Waals surface area contributed by atoms with E-state index < -0.39 is 60.4 Å². The van der Waals surface area contributed by atoms with Crippen molar-refractivity contribution >= 4 is 47.3 Å². The van der Waals surface area contributed by atoms with Crippen LogP contribution in [0.3, 0.4) is 0 Å². The van der Waals surface area contributed by atoms with Gasteiger partial charge < -0.3 is 42.7 Å². The standard InChI is InChI=1S/C57H56O13.C2H4O/c1-10-40-21-11-12-22-41(40)37(7)33-46-51(32-31-36(6)42-23-13-17-27-47(42)65-38(8)58)67-57(70-56(62)45-26-16-20-30-50(45)66-39(9)59)53(69-55(61)44-25-15-19-29-49(44)64-35(4)5)52(46)68-54(60)43-24-14-18-28-48(43)63-34(2)3;1-2-3/h11-30,46,51-53,57H,2,4,6-7,10,31-33H2,1,3,5,8-9H3;2H,1H3. The Morgan fingerprint density at radius 1 is 0.521 bits per heavy atom. The van der Waals surface area contributed by atoms with Crippen molar-refractivity contribution in [2.75, 3.05) is 0 Å². The molecular weight excluding hydrogens is 933 g/mol. The zero-order chi connectivity index (χ0) is 53.2. The summed E-state index contributed by atoms with van der Waals surface area (Å²) >= 11 is 0. The molecule has 0 amide bonds. The first-order valence-corrected chi connectivity index (χ1v) is 23.5. The summed E-state index contributed by atoms with van der Waals surface area (Å²) in [5.41, 5.74) is 3.49. The number of rotatable bonds is 20. The fourth-order valence-corrected chi connectivity index (χ4v) is 8.13. The van der Waals surface area contributed by atoms with Gasteiger partial charge in [0.15, 0.2) is 6.10 Å². The number of allylic oxidation sites excluding steroid dienone is 4. The molecule has 1 aliphatic rings. The fraction of sp³-hybridized carbons (Fsp3) is 0.254. The maximum atomic E-state index is 14.8. The zero-order valence-corrected chi connectivity index (χ0v) is 41.9. The molecule has 0 bridgehead atoms. The van der Waals surface area contributed by atoms with Gasteiger partial charge in [-0.3, -0.25) is 9.59 Å². The average molecular weight is 993 g/mol. The first-order valence-electron chi connectivity index (χ1n) is 23.5. The number of para-hydroxylation sites is 4. The van der Waals surface area contributed by atoms with Crippen LogP contribution in [0, 0.1) is 5.92 Å². The van der Waals surface area contributed by atoms with Crippen LogP contribution in [-0.4, -0.2) is 60.7 Å². The van der Waals surface area contributed by atoms with Crippen LogP contribution in [0.5, 0.6) is 23.0 Å². The third kappa shape index (κ3) is 15.3. The van der Waals surface area contributed by atoms with Crippen molar-refractivity contribution in [3.8, 4) is 23.0 Å². The third-order valence-corrected chi connectivity index (χ3v) is 11.2. The number of carbonyl (C=O) groups is 6. The van der Waals surface area contributed by atoms with Crippen molar-refractivity contribution in [2.24, 2.45) is 5.92 Å². The Bertz CT molecular complexity index is 2860. The Kier molecular flexibility index (Phi) is 20.4. The summed E-state index contributed by atoms with van der Waals surface area (Å²) < 4.78 is 48.6. The summed E-state index contributed by atoms with van der Waals surface area (Å²) in [4.78, 5) is 77.0. The largest absolute Gasteiger partial charge is 0.462 e. The summed E-state index contributed by atoms with van der Waals surface area (Å²) in [5.74, 6) is -3.87. The second-order valence-electron chi connectivity index (χ2n) is 16.8. The normalized spacial score (nSPS) is 16.7. The first kappa shape index (κ1) is 55.6. The number of hydrogen-bond acceptors (Lipinski definition) is 14. The van der Waals surface area contributed by atoms with Crippen LogP contribution in [0.1, 0.15) is 109 Å². The quantitative estimate of drug-likeness (QED) is 0.0237. The van der Waals surface area contributed by atoms with Crippen molar-refractivity contribution in [3.05, 3.63) is 193 Å². The molecule has 1 aliphatic heterocycles. The van der Waals surface area contributed by atoms with Crippen LogP contribution in [0.4, 0.5) is 0 Å². The topological polar surface area (TPSA) is 176 Å². The molecule has 73 heavy (non-hydrogen) atoms. The predicted molar refractivity (Wildman–Crippen MR) is 275 cm³/mol. The Balaban J connectivity index is 0.00000321. The molecule has 5 atom stereocenters. The Morgan fingerprint density at radius 2 is 0.904 bits per heavy atom. The van der Waals surface area contributed by atoms with Crippen molar-refractivity contribution in [3.63, 3.8) is 0 Å². The smallest absolute Gasteiger partial charge is 0.344 e. The summed E-state index contributed by atoms with van der Waals surface area (Å²) in [5, 5.41) is 0. The second-order valence-corrected chi connectivity index (χ2v) is 16.8. The van der Waals surface area contributed by atoms with E-state index in [1.165, 1.54) is 45.0 Å². The lowest BCUT2D eigenvalue weighted by Crippen LogP contribution is -2.58. The van der Waals surface area contributed by atoms with E-state index >= 15 is 0 Å². The molecule has 0 aromatic heterocycles. The van der Waals surface area contributed by atoms with E-state index in [0.717, 1.165) is 17.4 Å². The minimum atomic E-state index is -1.78. The molecule has 0 radical (unpaired) electrons. The SMILES string of the molecule is C=C(C)Oc1ccccc1C(=O)OC1C(OC(=O)c2ccccc2OC(C)=O)OC(CCC(=C)c2ccccc2OC(C)=O)C(CC(=C)c2ccccc2CC)C1OC(=O)c1ccccc1OC(=C)C.CC=O. The van der Waals surface area contributed by atoms with Gasteiger partial charge in [0, 0.05) is 25.3 Å². The van der Waals surface area contributed by atoms with Crippen molar-refractivity contribution in [2.45, 2.75) is 91.8 Å². The van der Waals surface area contributed by atoms with Gasteiger partial charge in [-0.05, 0) is 111 Å². The third-order valence-electron chi connectivity index (χ3n) is 11.2. The predicted octanol–water partition coefficient (Wildman–Crippen LogP) is 11.7. The molecule has 0 N–H and O–H groups in total. The molecule has 0 aliphatic carbocycles. The Hall–Kier alpha value is -8.36. The van der Waals surface area contributed by atoms with Crippen LogP contribution >= 0.6 is 0 Å². The molecule has 0 saturated carbocycles. The minimum absolute atomic E-state index is 0.0204. The number of esters is 5. The molecule has 5 unspecified atom stereocenters. The minimum Gasteiger partial charge on any atom is -0.462 e. The molecule has 1 saturated heterocycles. The lowest BCUT2D eigenvalue weighted by atomic mass is 9.79. The van der Waals surface area contributed by atoms with E-state index in [1.807, 2.05) is 31.2 Å². The van der Waals surface area contributed by atoms with Crippen LogP contribution in [0.2, 0.25) is 0 Å². The van der Waals surface area contributed by atoms with Crippen LogP contribution in [0.25, 0.3) is 11.1 Å². The lowest BCUT2D eigenvalue weighted by Gasteiger charge is -2.45. The lowest BCUT2D eigenvalue weighted by molar-refractivity contribution is -0.266. The van der Waals surface area contributed by atoms with Gasteiger partial charge in [0.05, 0.1) is 17.6 Å². The summed E-state index contributed by atoms with van der Waals surface area (Å²) in [6.45, 7) is 25.7. The van der Waals surface area contributed by atoms with E-state index in [-0.39, 0.29) is 59.0 Å². The van der Waals surface area contributed by atoms with E-state index in [9.17, 15) is 24.0 Å². The van der Waals surface area contributed by atoms with Gasteiger partial charge in [-0.1, -0.05) is 112 Å². The van der Waals surface area contributed by atoms with Crippen molar-refractivity contribution in [1.29, 1.82) is 0 Å². The average Bonchev–Trinajstić information content (AvgIpc) is 3.35. The molecule has 5 aromatic carbocycles. The van der Waals surface area contributed by atoms with Gasteiger partial charge in [-0.15, -0.1) is 0 Å². The summed E-state index contributed by atoms with van der Waals surface area (Å²) in [6.07, 6.45) is -3.96. The fourth-order valence-electron chi connectivity index (χ4n) is 8.13. The second kappa shape index (κ2) is 26.7. The molecule has 1 heterocycles. The van der Waals surface area contributed by atoms with Gasteiger partial charge in [0.2, 0.25) is 12.4 Å². The first-order chi connectivity index (χ1) is 34.9. The molecule has 14 heteroatoms. The summed E-state index contributed by atoms with van der Waals surface area (Å²) in [7, 11) is 0.